The van der Waals surface area contributed by atoms with Crippen molar-refractivity contribution >= 4 is 15.7 Å². The van der Waals surface area contributed by atoms with E-state index in [-0.39, 0.29) is 10.6 Å². The Balaban J connectivity index is 1.63. The Kier molecular flexibility index (Phi) is 5.62. The minimum Gasteiger partial charge on any atom is -0.283 e. The number of nitrogens with one attached hydrogen (secondary N) is 1. The molecule has 0 bridgehead atoms. The van der Waals surface area contributed by atoms with Crippen LogP contribution in [0.2, 0.25) is 0 Å². The molecule has 9 heteroatoms. The van der Waals surface area contributed by atoms with E-state index in [0.29, 0.717) is 28.3 Å². The molecule has 0 saturated carbocycles. The van der Waals surface area contributed by atoms with E-state index >= 15 is 0 Å². The van der Waals surface area contributed by atoms with Crippen molar-refractivity contribution in [1.29, 1.82) is 0 Å². The first-order valence-corrected chi connectivity index (χ1v) is 12.4. The summed E-state index contributed by atoms with van der Waals surface area (Å²) in [6.07, 6.45) is 1.47. The van der Waals surface area contributed by atoms with E-state index in [1.54, 1.807) is 42.9 Å². The summed E-state index contributed by atoms with van der Waals surface area (Å²) in [6, 6.07) is 27.4. The van der Waals surface area contributed by atoms with Crippen molar-refractivity contribution in [2.75, 3.05) is 4.72 Å². The first-order valence-electron chi connectivity index (χ1n) is 10.9. The second-order valence-electron chi connectivity index (χ2n) is 8.03. The number of nitrogens with zero attached hydrogens (tertiary/aromatic N) is 4. The maximum Gasteiger partial charge on any atom is 0.296 e. The number of aromatic nitrogens is 4. The van der Waals surface area contributed by atoms with E-state index in [0.717, 1.165) is 0 Å². The maximum absolute atomic E-state index is 13.7. The lowest BCUT2D eigenvalue weighted by Crippen LogP contribution is -2.23. The van der Waals surface area contributed by atoms with E-state index < -0.39 is 15.6 Å². The molecule has 5 rings (SSSR count). The Morgan fingerprint density at radius 3 is 1.94 bits per heavy atom. The third-order valence-corrected chi connectivity index (χ3v) is 7.18. The van der Waals surface area contributed by atoms with Crippen LogP contribution in [-0.2, 0) is 17.1 Å². The van der Waals surface area contributed by atoms with Crippen molar-refractivity contribution in [1.82, 2.24) is 19.1 Å². The van der Waals surface area contributed by atoms with E-state index in [9.17, 15) is 13.2 Å². The lowest BCUT2D eigenvalue weighted by atomic mass is 10.2. The van der Waals surface area contributed by atoms with Crippen LogP contribution >= 0.6 is 0 Å². The summed E-state index contributed by atoms with van der Waals surface area (Å²) < 4.78 is 34.5. The molecular formula is C26H23N5O3S. The van der Waals surface area contributed by atoms with Gasteiger partial charge in [-0.2, -0.15) is 5.10 Å². The molecule has 0 spiro atoms. The van der Waals surface area contributed by atoms with Crippen LogP contribution in [0, 0.1) is 6.92 Å². The summed E-state index contributed by atoms with van der Waals surface area (Å²) in [5.74, 6) is 0. The van der Waals surface area contributed by atoms with Crippen molar-refractivity contribution < 1.29 is 8.42 Å². The van der Waals surface area contributed by atoms with Gasteiger partial charge in [-0.25, -0.2) is 17.8 Å². The van der Waals surface area contributed by atoms with Gasteiger partial charge in [0.2, 0.25) is 0 Å². The van der Waals surface area contributed by atoms with Gasteiger partial charge >= 0.3 is 0 Å². The molecule has 0 fully saturated rings. The third-order valence-electron chi connectivity index (χ3n) is 5.83. The average molecular weight is 486 g/mol. The standard InChI is InChI=1S/C26H23N5O3S/c1-19-24(26(32)31(29(19)2)22-16-10-5-11-17-22)28-35(33,34)23-18-30(21-14-8-4-9-15-21)27-25(23)20-12-6-3-7-13-20/h3-18,28H,1-2H3. The molecule has 0 amide bonds. The van der Waals surface area contributed by atoms with Gasteiger partial charge in [0.1, 0.15) is 16.3 Å². The fourth-order valence-corrected chi connectivity index (χ4v) is 5.20. The summed E-state index contributed by atoms with van der Waals surface area (Å²) in [6.45, 7) is 1.70. The Hall–Kier alpha value is -4.37. The summed E-state index contributed by atoms with van der Waals surface area (Å²) in [4.78, 5) is 13.3. The minimum absolute atomic E-state index is 0.0113. The minimum atomic E-state index is -4.17. The van der Waals surface area contributed by atoms with Gasteiger partial charge in [0, 0.05) is 12.6 Å². The Labute approximate surface area is 202 Å². The van der Waals surface area contributed by atoms with E-state index in [4.69, 9.17) is 0 Å². The fraction of sp³-hybridized carbons (Fsp3) is 0.0769. The van der Waals surface area contributed by atoms with Crippen LogP contribution in [0.5, 0.6) is 0 Å². The maximum atomic E-state index is 13.7. The number of hydrogen-bond donors (Lipinski definition) is 1. The lowest BCUT2D eigenvalue weighted by Gasteiger charge is -2.07. The van der Waals surface area contributed by atoms with E-state index in [1.165, 1.54) is 15.6 Å². The van der Waals surface area contributed by atoms with Crippen LogP contribution in [-0.4, -0.2) is 27.6 Å². The molecule has 0 aliphatic rings. The Bertz CT molecular complexity index is 1650. The molecule has 35 heavy (non-hydrogen) atoms. The molecule has 2 heterocycles. The predicted molar refractivity (Wildman–Crippen MR) is 136 cm³/mol. The highest BCUT2D eigenvalue weighted by molar-refractivity contribution is 7.92. The van der Waals surface area contributed by atoms with Crippen molar-refractivity contribution in [2.45, 2.75) is 11.8 Å². The summed E-state index contributed by atoms with van der Waals surface area (Å²) in [7, 11) is -2.46. The van der Waals surface area contributed by atoms with Gasteiger partial charge < -0.3 is 0 Å². The molecule has 0 atom stereocenters. The number of para-hydroxylation sites is 2. The van der Waals surface area contributed by atoms with Gasteiger partial charge in [-0.3, -0.25) is 14.2 Å². The zero-order chi connectivity index (χ0) is 24.6. The number of benzene rings is 3. The first-order chi connectivity index (χ1) is 16.9. The number of rotatable bonds is 6. The van der Waals surface area contributed by atoms with Crippen LogP contribution in [0.4, 0.5) is 5.69 Å². The zero-order valence-electron chi connectivity index (χ0n) is 19.2. The molecule has 0 unspecified atom stereocenters. The van der Waals surface area contributed by atoms with Gasteiger partial charge in [-0.1, -0.05) is 66.7 Å². The van der Waals surface area contributed by atoms with Crippen molar-refractivity contribution in [2.24, 2.45) is 7.05 Å². The summed E-state index contributed by atoms with van der Waals surface area (Å²) in [5, 5.41) is 4.58. The van der Waals surface area contributed by atoms with Gasteiger partial charge in [0.25, 0.3) is 15.6 Å². The van der Waals surface area contributed by atoms with Gasteiger partial charge in [0.05, 0.1) is 23.3 Å². The smallest absolute Gasteiger partial charge is 0.283 e. The van der Waals surface area contributed by atoms with Crippen molar-refractivity contribution in [3.63, 3.8) is 0 Å². The van der Waals surface area contributed by atoms with E-state index in [1.807, 2.05) is 66.7 Å². The monoisotopic (exact) mass is 485 g/mol. The molecule has 0 aliphatic heterocycles. The topological polar surface area (TPSA) is 90.9 Å². The SMILES string of the molecule is Cc1c(NS(=O)(=O)c2cn(-c3ccccc3)nc2-c2ccccc2)c(=O)n(-c2ccccc2)n1C. The average Bonchev–Trinajstić information content (AvgIpc) is 3.43. The molecule has 1 N–H and O–H groups in total. The quantitative estimate of drug-likeness (QED) is 0.391. The predicted octanol–water partition coefficient (Wildman–Crippen LogP) is 4.14. The highest BCUT2D eigenvalue weighted by Gasteiger charge is 2.28. The normalized spacial score (nSPS) is 11.5. The van der Waals surface area contributed by atoms with Crippen LogP contribution in [0.3, 0.4) is 0 Å². The van der Waals surface area contributed by atoms with Crippen LogP contribution in [0.1, 0.15) is 5.69 Å². The number of anilines is 1. The Morgan fingerprint density at radius 1 is 0.800 bits per heavy atom. The summed E-state index contributed by atoms with van der Waals surface area (Å²) >= 11 is 0. The van der Waals surface area contributed by atoms with Crippen molar-refractivity contribution in [3.8, 4) is 22.6 Å². The van der Waals surface area contributed by atoms with Crippen LogP contribution in [0.15, 0.2) is 107 Å². The molecule has 5 aromatic rings. The third kappa shape index (κ3) is 4.06. The molecule has 0 saturated heterocycles. The second kappa shape index (κ2) is 8.77. The molecule has 0 aliphatic carbocycles. The number of sulfonamides is 1. The molecule has 3 aromatic carbocycles. The van der Waals surface area contributed by atoms with Gasteiger partial charge in [-0.05, 0) is 31.2 Å². The van der Waals surface area contributed by atoms with Gasteiger partial charge in [-0.15, -0.1) is 0 Å². The van der Waals surface area contributed by atoms with Crippen LogP contribution in [0.25, 0.3) is 22.6 Å². The summed E-state index contributed by atoms with van der Waals surface area (Å²) in [5.41, 5.74) is 2.30. The van der Waals surface area contributed by atoms with Crippen LogP contribution < -0.4 is 10.3 Å². The first kappa shape index (κ1) is 22.4. The second-order valence-corrected chi connectivity index (χ2v) is 9.68. The largest absolute Gasteiger partial charge is 0.296 e. The molecule has 0 radical (unpaired) electrons. The molecular weight excluding hydrogens is 462 g/mol. The fourth-order valence-electron chi connectivity index (χ4n) is 3.94. The van der Waals surface area contributed by atoms with Gasteiger partial charge in [0.15, 0.2) is 0 Å². The number of hydrogen-bond acceptors (Lipinski definition) is 4. The zero-order valence-corrected chi connectivity index (χ0v) is 20.0. The highest BCUT2D eigenvalue weighted by atomic mass is 32.2. The highest BCUT2D eigenvalue weighted by Crippen LogP contribution is 2.29. The van der Waals surface area contributed by atoms with E-state index in [2.05, 4.69) is 9.82 Å². The lowest BCUT2D eigenvalue weighted by molar-refractivity contribution is 0.601. The molecule has 2 aromatic heterocycles. The molecule has 8 nitrogen and oxygen atoms in total. The molecule has 176 valence electrons. The Morgan fingerprint density at radius 2 is 1.34 bits per heavy atom. The van der Waals surface area contributed by atoms with Crippen molar-refractivity contribution in [3.05, 3.63) is 113 Å².